The van der Waals surface area contributed by atoms with Crippen molar-refractivity contribution in [2.45, 2.75) is 6.92 Å². The number of anilines is 3. The lowest BCUT2D eigenvalue weighted by Gasteiger charge is -2.14. The fourth-order valence-corrected chi connectivity index (χ4v) is 2.43. The van der Waals surface area contributed by atoms with Crippen molar-refractivity contribution in [3.63, 3.8) is 0 Å². The minimum atomic E-state index is -0.512. The van der Waals surface area contributed by atoms with Crippen LogP contribution in [0.1, 0.15) is 5.69 Å². The van der Waals surface area contributed by atoms with E-state index in [2.05, 4.69) is 25.7 Å². The van der Waals surface area contributed by atoms with E-state index < -0.39 is 4.92 Å². The van der Waals surface area contributed by atoms with Crippen LogP contribution in [-0.2, 0) is 0 Å². The van der Waals surface area contributed by atoms with E-state index in [-0.39, 0.29) is 17.3 Å². The summed E-state index contributed by atoms with van der Waals surface area (Å²) in [6.07, 6.45) is 1.27. The Morgan fingerprint density at radius 1 is 1.12 bits per heavy atom. The molecule has 0 amide bonds. The van der Waals surface area contributed by atoms with Gasteiger partial charge in [0.2, 0.25) is 11.6 Å². The van der Waals surface area contributed by atoms with E-state index in [0.717, 1.165) is 16.6 Å². The van der Waals surface area contributed by atoms with Gasteiger partial charge >= 0.3 is 5.69 Å². The number of benzene rings is 1. The molecule has 0 unspecified atom stereocenters. The molecule has 3 rings (SSSR count). The normalized spacial score (nSPS) is 10.9. The van der Waals surface area contributed by atoms with Gasteiger partial charge in [0.05, 0.1) is 10.4 Å². The molecule has 9 heteroatoms. The van der Waals surface area contributed by atoms with Crippen LogP contribution < -0.4 is 10.7 Å². The zero-order valence-corrected chi connectivity index (χ0v) is 14.0. The Bertz CT molecular complexity index is 943. The average molecular weight is 339 g/mol. The minimum absolute atomic E-state index is 0.109. The van der Waals surface area contributed by atoms with Gasteiger partial charge in [-0.15, -0.1) is 0 Å². The third-order valence-electron chi connectivity index (χ3n) is 3.46. The summed E-state index contributed by atoms with van der Waals surface area (Å²) in [7, 11) is 3.44. The van der Waals surface area contributed by atoms with Crippen LogP contribution in [0.3, 0.4) is 0 Å². The standard InChI is InChI=1S/C16H17N7O2/c1-10-7-8-11-12(19-10)5-4-6-13(11)20-15-14(23(24)25)16(18-9-17-15)21-22(2)3/h4-9H,1-3H3,(H2,17,18,20,21). The van der Waals surface area contributed by atoms with Crippen LogP contribution in [0.4, 0.5) is 23.0 Å². The first-order valence-corrected chi connectivity index (χ1v) is 7.52. The molecule has 0 spiro atoms. The molecule has 0 radical (unpaired) electrons. The number of nitrogens with one attached hydrogen (secondary N) is 2. The quantitative estimate of drug-likeness (QED) is 0.539. The maximum absolute atomic E-state index is 11.5. The lowest BCUT2D eigenvalue weighted by molar-refractivity contribution is -0.383. The fraction of sp³-hybridized carbons (Fsp3) is 0.188. The van der Waals surface area contributed by atoms with Gasteiger partial charge in [-0.05, 0) is 31.2 Å². The number of fused-ring (bicyclic) bond motifs is 1. The number of nitro groups is 1. The molecule has 3 aromatic rings. The van der Waals surface area contributed by atoms with E-state index in [1.807, 2.05) is 37.3 Å². The Morgan fingerprint density at radius 2 is 1.88 bits per heavy atom. The number of hydrogen-bond donors (Lipinski definition) is 2. The van der Waals surface area contributed by atoms with Crippen molar-refractivity contribution in [3.05, 3.63) is 52.5 Å². The summed E-state index contributed by atoms with van der Waals surface area (Å²) in [4.78, 5) is 23.5. The van der Waals surface area contributed by atoms with Crippen LogP contribution in [0.5, 0.6) is 0 Å². The number of nitrogens with zero attached hydrogens (tertiary/aromatic N) is 5. The Hall–Kier alpha value is -3.33. The first kappa shape index (κ1) is 16.5. The van der Waals surface area contributed by atoms with Crippen molar-refractivity contribution in [1.82, 2.24) is 20.0 Å². The van der Waals surface area contributed by atoms with Crippen molar-refractivity contribution in [3.8, 4) is 0 Å². The van der Waals surface area contributed by atoms with Crippen LogP contribution in [0.2, 0.25) is 0 Å². The van der Waals surface area contributed by atoms with E-state index in [1.54, 1.807) is 19.1 Å². The second-order valence-corrected chi connectivity index (χ2v) is 5.63. The molecular formula is C16H17N7O2. The van der Waals surface area contributed by atoms with E-state index in [9.17, 15) is 10.1 Å². The number of pyridine rings is 1. The highest BCUT2D eigenvalue weighted by molar-refractivity contribution is 5.94. The highest BCUT2D eigenvalue weighted by Gasteiger charge is 2.24. The molecule has 128 valence electrons. The average Bonchev–Trinajstić information content (AvgIpc) is 2.54. The zero-order chi connectivity index (χ0) is 18.0. The van der Waals surface area contributed by atoms with Crippen molar-refractivity contribution < 1.29 is 4.92 Å². The molecule has 0 atom stereocenters. The maximum Gasteiger partial charge on any atom is 0.354 e. The molecule has 2 aromatic heterocycles. The Labute approximate surface area is 143 Å². The Kier molecular flexibility index (Phi) is 4.40. The van der Waals surface area contributed by atoms with E-state index in [4.69, 9.17) is 0 Å². The van der Waals surface area contributed by atoms with E-state index >= 15 is 0 Å². The zero-order valence-electron chi connectivity index (χ0n) is 14.0. The second kappa shape index (κ2) is 6.65. The molecule has 25 heavy (non-hydrogen) atoms. The monoisotopic (exact) mass is 339 g/mol. The van der Waals surface area contributed by atoms with E-state index in [0.29, 0.717) is 5.69 Å². The van der Waals surface area contributed by atoms with Gasteiger partial charge < -0.3 is 5.32 Å². The van der Waals surface area contributed by atoms with Gasteiger partial charge in [0.15, 0.2) is 0 Å². The maximum atomic E-state index is 11.5. The predicted molar refractivity (Wildman–Crippen MR) is 95.8 cm³/mol. The Morgan fingerprint density at radius 3 is 2.60 bits per heavy atom. The lowest BCUT2D eigenvalue weighted by atomic mass is 10.1. The summed E-state index contributed by atoms with van der Waals surface area (Å²) >= 11 is 0. The summed E-state index contributed by atoms with van der Waals surface area (Å²) in [6, 6.07) is 9.36. The van der Waals surface area contributed by atoms with Gasteiger partial charge in [0.1, 0.15) is 6.33 Å². The molecule has 0 aliphatic carbocycles. The SMILES string of the molecule is Cc1ccc2c(Nc3ncnc(NN(C)C)c3[N+](=O)[O-])cccc2n1. The topological polar surface area (TPSA) is 109 Å². The number of aryl methyl sites for hydroxylation is 1. The highest BCUT2D eigenvalue weighted by Crippen LogP contribution is 2.33. The van der Waals surface area contributed by atoms with Crippen molar-refractivity contribution in [2.24, 2.45) is 0 Å². The minimum Gasteiger partial charge on any atom is -0.334 e. The fourth-order valence-electron chi connectivity index (χ4n) is 2.43. The van der Waals surface area contributed by atoms with Crippen LogP contribution in [0.15, 0.2) is 36.7 Å². The first-order chi connectivity index (χ1) is 12.0. The molecule has 9 nitrogen and oxygen atoms in total. The van der Waals surface area contributed by atoms with Crippen molar-refractivity contribution in [1.29, 1.82) is 0 Å². The van der Waals surface area contributed by atoms with Gasteiger partial charge in [-0.3, -0.25) is 20.5 Å². The summed E-state index contributed by atoms with van der Waals surface area (Å²) in [6.45, 7) is 1.91. The molecule has 2 N–H and O–H groups in total. The predicted octanol–water partition coefficient (Wildman–Crippen LogP) is 2.87. The van der Waals surface area contributed by atoms with Crippen molar-refractivity contribution in [2.75, 3.05) is 24.8 Å². The molecule has 0 saturated heterocycles. The number of hydrazine groups is 1. The number of hydrogen-bond acceptors (Lipinski definition) is 8. The Balaban J connectivity index is 2.08. The molecule has 2 heterocycles. The first-order valence-electron chi connectivity index (χ1n) is 7.52. The van der Waals surface area contributed by atoms with Gasteiger partial charge in [-0.2, -0.15) is 0 Å². The summed E-state index contributed by atoms with van der Waals surface area (Å²) < 4.78 is 0. The van der Waals surface area contributed by atoms with E-state index in [1.165, 1.54) is 6.33 Å². The molecular weight excluding hydrogens is 322 g/mol. The van der Waals surface area contributed by atoms with Gasteiger partial charge in [0.25, 0.3) is 0 Å². The second-order valence-electron chi connectivity index (χ2n) is 5.63. The lowest BCUT2D eigenvalue weighted by Crippen LogP contribution is -2.21. The third-order valence-corrected chi connectivity index (χ3v) is 3.46. The summed E-state index contributed by atoms with van der Waals surface area (Å²) in [5.74, 6) is 0.221. The van der Waals surface area contributed by atoms with Crippen LogP contribution >= 0.6 is 0 Å². The molecule has 0 aliphatic heterocycles. The van der Waals surface area contributed by atoms with Gasteiger partial charge in [-0.25, -0.2) is 15.0 Å². The smallest absolute Gasteiger partial charge is 0.334 e. The van der Waals surface area contributed by atoms with Crippen LogP contribution in [-0.4, -0.2) is 39.0 Å². The molecule has 0 aliphatic rings. The highest BCUT2D eigenvalue weighted by atomic mass is 16.6. The molecule has 0 fully saturated rings. The van der Waals surface area contributed by atoms with Gasteiger partial charge in [0, 0.05) is 30.9 Å². The molecule has 0 saturated carbocycles. The van der Waals surface area contributed by atoms with Crippen LogP contribution in [0.25, 0.3) is 10.9 Å². The third kappa shape index (κ3) is 3.45. The van der Waals surface area contributed by atoms with Crippen LogP contribution in [0, 0.1) is 17.0 Å². The number of rotatable bonds is 5. The summed E-state index contributed by atoms with van der Waals surface area (Å²) in [5, 5.41) is 17.0. The van der Waals surface area contributed by atoms with Gasteiger partial charge in [-0.1, -0.05) is 6.07 Å². The molecule has 1 aromatic carbocycles. The van der Waals surface area contributed by atoms with Crippen molar-refractivity contribution >= 4 is 33.9 Å². The number of aromatic nitrogens is 3. The summed E-state index contributed by atoms with van der Waals surface area (Å²) in [5.41, 5.74) is 4.97. The largest absolute Gasteiger partial charge is 0.354 e. The molecule has 0 bridgehead atoms.